The van der Waals surface area contributed by atoms with E-state index < -0.39 is 23.9 Å². The number of nitriles is 1. The van der Waals surface area contributed by atoms with Gasteiger partial charge in [0.2, 0.25) is 0 Å². The molecule has 0 bridgehead atoms. The van der Waals surface area contributed by atoms with Gasteiger partial charge in [-0.25, -0.2) is 4.79 Å². The van der Waals surface area contributed by atoms with E-state index in [1.807, 2.05) is 11.9 Å². The van der Waals surface area contributed by atoms with Crippen molar-refractivity contribution in [3.8, 4) is 12.1 Å². The minimum Gasteiger partial charge on any atom is -0.465 e. The number of alkyl halides is 3. The molecule has 1 aromatic heterocycles. The van der Waals surface area contributed by atoms with Crippen molar-refractivity contribution in [1.82, 2.24) is 19.8 Å². The molecule has 5 rings (SSSR count). The maximum atomic E-state index is 14.0. The molecule has 0 radical (unpaired) electrons. The van der Waals surface area contributed by atoms with Crippen LogP contribution in [0.1, 0.15) is 41.6 Å². The second-order valence-electron chi connectivity index (χ2n) is 10.9. The summed E-state index contributed by atoms with van der Waals surface area (Å²) in [4.78, 5) is 28.4. The molecule has 0 saturated carbocycles. The fraction of sp³-hybridized carbons (Fsp3) is 0.571. The third-order valence-electron chi connectivity index (χ3n) is 8.33. The van der Waals surface area contributed by atoms with Gasteiger partial charge < -0.3 is 29.4 Å². The minimum atomic E-state index is -4.50. The van der Waals surface area contributed by atoms with Gasteiger partial charge in [0.15, 0.2) is 0 Å². The number of piperazine rings is 1. The van der Waals surface area contributed by atoms with Crippen molar-refractivity contribution in [1.29, 1.82) is 5.26 Å². The molecule has 220 valence electrons. The average Bonchev–Trinajstić information content (AvgIpc) is 3.34. The van der Waals surface area contributed by atoms with Gasteiger partial charge in [-0.3, -0.25) is 0 Å². The molecule has 2 aromatic rings. The summed E-state index contributed by atoms with van der Waals surface area (Å²) in [6.45, 7) is 4.15. The molecule has 3 aliphatic rings. The highest BCUT2D eigenvalue weighted by atomic mass is 19.4. The number of hydrogen-bond acceptors (Lipinski definition) is 8. The summed E-state index contributed by atoms with van der Waals surface area (Å²) in [6.07, 6.45) is -3.07. The molecule has 41 heavy (non-hydrogen) atoms. The third kappa shape index (κ3) is 5.98. The van der Waals surface area contributed by atoms with E-state index in [-0.39, 0.29) is 49.4 Å². The first kappa shape index (κ1) is 28.7. The zero-order chi connectivity index (χ0) is 29.3. The quantitative estimate of drug-likeness (QED) is 0.550. The molecular weight excluding hydrogens is 539 g/mol. The number of hydrogen-bond donors (Lipinski definition) is 1. The number of aryl methyl sites for hydroxylation is 1. The van der Waals surface area contributed by atoms with Crippen LogP contribution in [0.2, 0.25) is 0 Å². The Bertz CT molecular complexity index is 1330. The van der Waals surface area contributed by atoms with E-state index in [0.29, 0.717) is 37.6 Å². The second kappa shape index (κ2) is 11.6. The SMILES string of the molecule is Cc1cccc(N2CCc3c(nc(OCC4CCCN4C)nc3N3CCN(C(=O)O)C(CC#N)C3)C2)c1C(F)(F)F. The van der Waals surface area contributed by atoms with E-state index >= 15 is 0 Å². The molecule has 0 spiro atoms. The largest absolute Gasteiger partial charge is 0.465 e. The van der Waals surface area contributed by atoms with Crippen LogP contribution in [-0.2, 0) is 19.1 Å². The van der Waals surface area contributed by atoms with Crippen LogP contribution in [0.3, 0.4) is 0 Å². The average molecular weight is 574 g/mol. The lowest BCUT2D eigenvalue weighted by Crippen LogP contribution is -2.55. The van der Waals surface area contributed by atoms with E-state index in [1.165, 1.54) is 24.0 Å². The Morgan fingerprint density at radius 2 is 1.98 bits per heavy atom. The number of amides is 1. The fourth-order valence-electron chi connectivity index (χ4n) is 6.15. The summed E-state index contributed by atoms with van der Waals surface area (Å²) in [5.41, 5.74) is 1.02. The number of aromatic nitrogens is 2. The van der Waals surface area contributed by atoms with Crippen LogP contribution in [0.5, 0.6) is 6.01 Å². The summed E-state index contributed by atoms with van der Waals surface area (Å²) in [5, 5.41) is 18.9. The minimum absolute atomic E-state index is 0.0365. The van der Waals surface area contributed by atoms with Gasteiger partial charge in [-0.1, -0.05) is 12.1 Å². The lowest BCUT2D eigenvalue weighted by Gasteiger charge is -2.41. The summed E-state index contributed by atoms with van der Waals surface area (Å²) in [7, 11) is 2.04. The predicted octanol–water partition coefficient (Wildman–Crippen LogP) is 3.92. The van der Waals surface area contributed by atoms with Gasteiger partial charge in [-0.2, -0.15) is 28.4 Å². The highest BCUT2D eigenvalue weighted by Gasteiger charge is 2.38. The normalized spacial score (nSPS) is 21.5. The highest BCUT2D eigenvalue weighted by Crippen LogP contribution is 2.41. The van der Waals surface area contributed by atoms with E-state index in [9.17, 15) is 28.3 Å². The Morgan fingerprint density at radius 1 is 1.17 bits per heavy atom. The monoisotopic (exact) mass is 573 g/mol. The van der Waals surface area contributed by atoms with Crippen molar-refractivity contribution in [3.63, 3.8) is 0 Å². The number of carbonyl (C=O) groups is 1. The number of benzene rings is 1. The smallest absolute Gasteiger partial charge is 0.418 e. The van der Waals surface area contributed by atoms with Crippen LogP contribution in [0.15, 0.2) is 18.2 Å². The molecule has 1 N–H and O–H groups in total. The molecule has 0 aliphatic carbocycles. The maximum absolute atomic E-state index is 14.0. The Hall–Kier alpha value is -3.79. The van der Waals surface area contributed by atoms with Crippen molar-refractivity contribution in [3.05, 3.63) is 40.6 Å². The van der Waals surface area contributed by atoms with Crippen molar-refractivity contribution in [2.75, 3.05) is 56.2 Å². The number of likely N-dealkylation sites (tertiary alicyclic amines) is 1. The Morgan fingerprint density at radius 3 is 2.66 bits per heavy atom. The van der Waals surface area contributed by atoms with Crippen LogP contribution >= 0.6 is 0 Å². The lowest BCUT2D eigenvalue weighted by molar-refractivity contribution is -0.137. The van der Waals surface area contributed by atoms with E-state index in [4.69, 9.17) is 9.72 Å². The van der Waals surface area contributed by atoms with Crippen molar-refractivity contribution in [2.45, 2.75) is 57.4 Å². The van der Waals surface area contributed by atoms with Crippen LogP contribution in [0.4, 0.5) is 29.5 Å². The van der Waals surface area contributed by atoms with E-state index in [2.05, 4.69) is 16.0 Å². The number of carboxylic acid groups (broad SMARTS) is 1. The Kier molecular flexibility index (Phi) is 8.13. The first-order valence-corrected chi connectivity index (χ1v) is 13.8. The van der Waals surface area contributed by atoms with Gasteiger partial charge in [0.25, 0.3) is 0 Å². The summed E-state index contributed by atoms with van der Waals surface area (Å²) < 4.78 is 48.2. The molecule has 4 heterocycles. The maximum Gasteiger partial charge on any atom is 0.418 e. The third-order valence-corrected chi connectivity index (χ3v) is 8.33. The number of fused-ring (bicyclic) bond motifs is 1. The highest BCUT2D eigenvalue weighted by molar-refractivity contribution is 5.66. The topological polar surface area (TPSA) is 109 Å². The summed E-state index contributed by atoms with van der Waals surface area (Å²) in [5.74, 6) is 0.595. The second-order valence-corrected chi connectivity index (χ2v) is 10.9. The van der Waals surface area contributed by atoms with Crippen LogP contribution < -0.4 is 14.5 Å². The Labute approximate surface area is 236 Å². The summed E-state index contributed by atoms with van der Waals surface area (Å²) in [6, 6.07) is 6.50. The van der Waals surface area contributed by atoms with E-state index in [1.54, 1.807) is 11.0 Å². The zero-order valence-electron chi connectivity index (χ0n) is 23.2. The molecule has 1 amide bonds. The fourth-order valence-corrected chi connectivity index (χ4v) is 6.15. The number of likely N-dealkylation sites (N-methyl/N-ethyl adjacent to an activating group) is 1. The molecule has 3 aliphatic heterocycles. The van der Waals surface area contributed by atoms with Gasteiger partial charge in [0.05, 0.1) is 36.3 Å². The first-order chi connectivity index (χ1) is 19.6. The zero-order valence-corrected chi connectivity index (χ0v) is 23.2. The van der Waals surface area contributed by atoms with Crippen LogP contribution in [-0.4, -0.2) is 89.4 Å². The van der Waals surface area contributed by atoms with Gasteiger partial charge >= 0.3 is 18.3 Å². The van der Waals surface area contributed by atoms with Gasteiger partial charge in [-0.05, 0) is 51.4 Å². The molecule has 2 atom stereocenters. The molecule has 10 nitrogen and oxygen atoms in total. The first-order valence-electron chi connectivity index (χ1n) is 13.8. The molecule has 2 unspecified atom stereocenters. The van der Waals surface area contributed by atoms with Gasteiger partial charge in [-0.15, -0.1) is 0 Å². The Balaban J connectivity index is 1.49. The molecule has 13 heteroatoms. The molecule has 1 aromatic carbocycles. The number of rotatable bonds is 6. The van der Waals surface area contributed by atoms with Crippen LogP contribution in [0, 0.1) is 18.3 Å². The lowest BCUT2D eigenvalue weighted by atomic mass is 10.00. The number of nitrogens with zero attached hydrogens (tertiary/aromatic N) is 7. The van der Waals surface area contributed by atoms with Crippen LogP contribution in [0.25, 0.3) is 0 Å². The number of halogens is 3. The predicted molar refractivity (Wildman–Crippen MR) is 145 cm³/mol. The summed E-state index contributed by atoms with van der Waals surface area (Å²) >= 11 is 0. The standard InChI is InChI=1S/C28H34F3N7O3/c1-18-5-3-7-23(24(18)28(29,30)31)36-12-9-21-22(16-36)33-26(41-17-20-6-4-11-35(20)2)34-25(21)37-13-14-38(27(39)40)19(15-37)8-10-32/h3,5,7,19-20H,4,6,8-9,11-17H2,1-2H3,(H,39,40). The number of ether oxygens (including phenoxy) is 1. The molecule has 2 saturated heterocycles. The molecule has 2 fully saturated rings. The van der Waals surface area contributed by atoms with Gasteiger partial charge in [0.1, 0.15) is 12.4 Å². The van der Waals surface area contributed by atoms with E-state index in [0.717, 1.165) is 24.9 Å². The van der Waals surface area contributed by atoms with Gasteiger partial charge in [0, 0.05) is 43.5 Å². The van der Waals surface area contributed by atoms with Crippen molar-refractivity contribution < 1.29 is 27.8 Å². The molecular formula is C28H34F3N7O3. The van der Waals surface area contributed by atoms with Crippen molar-refractivity contribution in [2.24, 2.45) is 0 Å². The van der Waals surface area contributed by atoms with Crippen molar-refractivity contribution >= 4 is 17.6 Å². The number of anilines is 2.